The van der Waals surface area contributed by atoms with Gasteiger partial charge in [0.2, 0.25) is 5.91 Å². The lowest BCUT2D eigenvalue weighted by atomic mass is 9.91. The Bertz CT molecular complexity index is 1380. The molecule has 184 valence electrons. The fourth-order valence-corrected chi connectivity index (χ4v) is 5.05. The van der Waals surface area contributed by atoms with Gasteiger partial charge in [-0.05, 0) is 25.5 Å². The van der Waals surface area contributed by atoms with Gasteiger partial charge in [0.15, 0.2) is 11.5 Å². The third kappa shape index (κ3) is 4.21. The number of nitrogens with zero attached hydrogens (tertiary/aromatic N) is 7. The Kier molecular flexibility index (Phi) is 5.89. The molecule has 11 nitrogen and oxygen atoms in total. The zero-order valence-electron chi connectivity index (χ0n) is 19.9. The molecule has 3 atom stereocenters. The Labute approximate surface area is 202 Å². The van der Waals surface area contributed by atoms with E-state index in [9.17, 15) is 15.0 Å². The van der Waals surface area contributed by atoms with Crippen LogP contribution in [-0.4, -0.2) is 74.9 Å². The minimum Gasteiger partial charge on any atom is -0.391 e. The molecular weight excluding hydrogens is 448 g/mol. The van der Waals surface area contributed by atoms with E-state index in [0.29, 0.717) is 11.2 Å². The number of amides is 1. The number of hydrogen-bond donors (Lipinski definition) is 3. The van der Waals surface area contributed by atoms with Crippen molar-refractivity contribution in [3.8, 4) is 0 Å². The highest BCUT2D eigenvalue weighted by molar-refractivity contribution is 5.82. The van der Waals surface area contributed by atoms with Crippen LogP contribution in [0.2, 0.25) is 0 Å². The van der Waals surface area contributed by atoms with Gasteiger partial charge in [-0.2, -0.15) is 0 Å². The molecule has 11 heteroatoms. The van der Waals surface area contributed by atoms with E-state index in [0.717, 1.165) is 29.7 Å². The average molecular weight is 479 g/mol. The van der Waals surface area contributed by atoms with Crippen molar-refractivity contribution >= 4 is 33.9 Å². The van der Waals surface area contributed by atoms with Crippen molar-refractivity contribution in [2.75, 3.05) is 18.8 Å². The fourth-order valence-electron chi connectivity index (χ4n) is 5.05. The number of anilines is 1. The standard InChI is InChI=1S/C24H30N8O3/c1-3-6-19-29-16-7-4-5-8-17(16)31(19)12-20(34)30-10-15(33)9-24(2,35)18(11-30)32-14-28-21-22(25)26-13-27-23(21)32/h4-5,7-8,13-15,18,33,35H,3,6,9-12H2,1-2H3,(H2,25,26,27)/t15-,18+,24+/m0/s1. The lowest BCUT2D eigenvalue weighted by Crippen LogP contribution is -2.43. The van der Waals surface area contributed by atoms with E-state index in [1.807, 2.05) is 28.8 Å². The number of imidazole rings is 2. The third-order valence-corrected chi connectivity index (χ3v) is 6.77. The average Bonchev–Trinajstić information content (AvgIpc) is 3.35. The predicted octanol–water partition coefficient (Wildman–Crippen LogP) is 1.30. The molecule has 0 aliphatic carbocycles. The first-order valence-electron chi connectivity index (χ1n) is 11.8. The van der Waals surface area contributed by atoms with Crippen LogP contribution in [0.25, 0.3) is 22.2 Å². The molecule has 4 aromatic rings. The number of nitrogens with two attached hydrogens (primary N) is 1. The number of fused-ring (bicyclic) bond motifs is 2. The molecule has 1 aromatic carbocycles. The number of aromatic nitrogens is 6. The van der Waals surface area contributed by atoms with E-state index in [4.69, 9.17) is 10.7 Å². The Balaban J connectivity index is 1.49. The third-order valence-electron chi connectivity index (χ3n) is 6.77. The molecule has 35 heavy (non-hydrogen) atoms. The van der Waals surface area contributed by atoms with Gasteiger partial charge in [-0.15, -0.1) is 0 Å². The van der Waals surface area contributed by atoms with Gasteiger partial charge < -0.3 is 30.0 Å². The SMILES string of the molecule is CCCc1nc2ccccc2n1CC(=O)N1C[C@@H](O)C[C@@](C)(O)[C@H](n2cnc3c(N)ncnc32)C1. The summed E-state index contributed by atoms with van der Waals surface area (Å²) in [5.74, 6) is 0.935. The van der Waals surface area contributed by atoms with Crippen molar-refractivity contribution in [3.63, 3.8) is 0 Å². The van der Waals surface area contributed by atoms with E-state index in [2.05, 4.69) is 21.9 Å². The highest BCUT2D eigenvalue weighted by Gasteiger charge is 2.42. The number of aliphatic hydroxyl groups excluding tert-OH is 1. The van der Waals surface area contributed by atoms with Gasteiger partial charge in [-0.25, -0.2) is 19.9 Å². The predicted molar refractivity (Wildman–Crippen MR) is 130 cm³/mol. The number of para-hydroxylation sites is 2. The zero-order valence-corrected chi connectivity index (χ0v) is 19.9. The van der Waals surface area contributed by atoms with Crippen LogP contribution in [0.15, 0.2) is 36.9 Å². The van der Waals surface area contributed by atoms with Crippen molar-refractivity contribution in [3.05, 3.63) is 42.7 Å². The van der Waals surface area contributed by atoms with Gasteiger partial charge in [-0.3, -0.25) is 4.79 Å². The van der Waals surface area contributed by atoms with E-state index >= 15 is 0 Å². The maximum Gasteiger partial charge on any atom is 0.242 e. The summed E-state index contributed by atoms with van der Waals surface area (Å²) < 4.78 is 3.67. The van der Waals surface area contributed by atoms with Crippen LogP contribution in [0.3, 0.4) is 0 Å². The molecule has 3 aromatic heterocycles. The molecule has 0 bridgehead atoms. The molecule has 0 saturated carbocycles. The second kappa shape index (κ2) is 8.90. The number of rotatable bonds is 5. The molecule has 5 rings (SSSR count). The smallest absolute Gasteiger partial charge is 0.242 e. The van der Waals surface area contributed by atoms with E-state index in [1.54, 1.807) is 22.7 Å². The number of hydrogen-bond acceptors (Lipinski definition) is 8. The number of aryl methyl sites for hydroxylation is 1. The van der Waals surface area contributed by atoms with Crippen LogP contribution in [0, 0.1) is 0 Å². The Hall–Kier alpha value is -3.57. The number of nitrogen functional groups attached to an aromatic ring is 1. The quantitative estimate of drug-likeness (QED) is 0.389. The van der Waals surface area contributed by atoms with Crippen molar-refractivity contribution in [2.24, 2.45) is 0 Å². The Morgan fingerprint density at radius 2 is 2.03 bits per heavy atom. The van der Waals surface area contributed by atoms with E-state index in [-0.39, 0.29) is 37.8 Å². The van der Waals surface area contributed by atoms with Crippen LogP contribution in [-0.2, 0) is 17.8 Å². The molecule has 1 fully saturated rings. The number of benzene rings is 1. The number of carbonyl (C=O) groups excluding carboxylic acids is 1. The highest BCUT2D eigenvalue weighted by atomic mass is 16.3. The number of β-amino-alcohol motifs (C(OH)–C–C–N with tert-alkyl or cyclic N) is 1. The summed E-state index contributed by atoms with van der Waals surface area (Å²) >= 11 is 0. The lowest BCUT2D eigenvalue weighted by molar-refractivity contribution is -0.133. The normalized spacial score (nSPS) is 23.1. The number of aliphatic hydroxyl groups is 2. The number of carbonyl (C=O) groups is 1. The largest absolute Gasteiger partial charge is 0.391 e. The minimum atomic E-state index is -1.32. The summed E-state index contributed by atoms with van der Waals surface area (Å²) in [6.45, 7) is 4.12. The molecule has 0 unspecified atom stereocenters. The minimum absolute atomic E-state index is 0.0940. The van der Waals surface area contributed by atoms with Crippen molar-refractivity contribution in [1.82, 2.24) is 34.0 Å². The van der Waals surface area contributed by atoms with Crippen LogP contribution in [0.5, 0.6) is 0 Å². The first-order chi connectivity index (χ1) is 16.8. The zero-order chi connectivity index (χ0) is 24.7. The first kappa shape index (κ1) is 23.2. The first-order valence-corrected chi connectivity index (χ1v) is 11.8. The Morgan fingerprint density at radius 3 is 2.83 bits per heavy atom. The van der Waals surface area contributed by atoms with Crippen LogP contribution in [0.1, 0.15) is 38.6 Å². The maximum absolute atomic E-state index is 13.6. The molecule has 4 N–H and O–H groups in total. The summed E-state index contributed by atoms with van der Waals surface area (Å²) in [4.78, 5) is 32.6. The topological polar surface area (TPSA) is 148 Å². The number of likely N-dealkylation sites (tertiary alicyclic amines) is 1. The van der Waals surface area contributed by atoms with Crippen LogP contribution < -0.4 is 5.73 Å². The summed E-state index contributed by atoms with van der Waals surface area (Å²) in [7, 11) is 0. The molecule has 1 saturated heterocycles. The van der Waals surface area contributed by atoms with Gasteiger partial charge in [0.1, 0.15) is 24.2 Å². The molecule has 0 spiro atoms. The molecule has 1 aliphatic heterocycles. The molecule has 1 aliphatic rings. The van der Waals surface area contributed by atoms with Crippen LogP contribution >= 0.6 is 0 Å². The molecular formula is C24H30N8O3. The second-order valence-electron chi connectivity index (χ2n) is 9.47. The monoisotopic (exact) mass is 478 g/mol. The molecule has 1 amide bonds. The molecule has 0 radical (unpaired) electrons. The van der Waals surface area contributed by atoms with E-state index in [1.165, 1.54) is 6.33 Å². The van der Waals surface area contributed by atoms with Crippen molar-refractivity contribution in [2.45, 2.75) is 57.4 Å². The van der Waals surface area contributed by atoms with Crippen molar-refractivity contribution in [1.29, 1.82) is 0 Å². The Morgan fingerprint density at radius 1 is 1.23 bits per heavy atom. The van der Waals surface area contributed by atoms with Gasteiger partial charge in [-0.1, -0.05) is 19.1 Å². The summed E-state index contributed by atoms with van der Waals surface area (Å²) in [6.07, 6.45) is 3.77. The van der Waals surface area contributed by atoms with Gasteiger partial charge in [0, 0.05) is 25.9 Å². The fraction of sp³-hybridized carbons (Fsp3) is 0.458. The lowest BCUT2D eigenvalue weighted by Gasteiger charge is -2.34. The van der Waals surface area contributed by atoms with Gasteiger partial charge in [0.25, 0.3) is 0 Å². The highest BCUT2D eigenvalue weighted by Crippen LogP contribution is 2.34. The van der Waals surface area contributed by atoms with E-state index < -0.39 is 17.7 Å². The second-order valence-corrected chi connectivity index (χ2v) is 9.47. The molecule has 4 heterocycles. The summed E-state index contributed by atoms with van der Waals surface area (Å²) in [5.41, 5.74) is 7.28. The van der Waals surface area contributed by atoms with Gasteiger partial charge >= 0.3 is 0 Å². The summed E-state index contributed by atoms with van der Waals surface area (Å²) in [5, 5.41) is 22.1. The van der Waals surface area contributed by atoms with Gasteiger partial charge in [0.05, 0.1) is 35.1 Å². The van der Waals surface area contributed by atoms with Crippen LogP contribution in [0.4, 0.5) is 5.82 Å². The maximum atomic E-state index is 13.6. The van der Waals surface area contributed by atoms with Crippen molar-refractivity contribution < 1.29 is 15.0 Å². The summed E-state index contributed by atoms with van der Waals surface area (Å²) in [6, 6.07) is 7.16.